The zero-order chi connectivity index (χ0) is 18.1. The van der Waals surface area contributed by atoms with Crippen LogP contribution < -0.4 is 15.5 Å². The lowest BCUT2D eigenvalue weighted by Crippen LogP contribution is -2.57. The van der Waals surface area contributed by atoms with Crippen LogP contribution in [0.4, 0.5) is 11.8 Å². The number of nitrogens with zero attached hydrogens (tertiary/aromatic N) is 6. The second kappa shape index (κ2) is 6.80. The van der Waals surface area contributed by atoms with E-state index in [2.05, 4.69) is 35.7 Å². The van der Waals surface area contributed by atoms with Crippen molar-refractivity contribution in [2.75, 3.05) is 41.4 Å². The van der Waals surface area contributed by atoms with Gasteiger partial charge in [-0.05, 0) is 6.07 Å². The molecule has 11 heteroatoms. The van der Waals surface area contributed by atoms with Crippen molar-refractivity contribution in [2.45, 2.75) is 18.5 Å². The van der Waals surface area contributed by atoms with Crippen LogP contribution >= 0.6 is 0 Å². The van der Waals surface area contributed by atoms with Gasteiger partial charge in [-0.25, -0.2) is 13.4 Å². The molecular weight excluding hydrogens is 356 g/mol. The molecule has 0 aliphatic carbocycles. The van der Waals surface area contributed by atoms with Gasteiger partial charge in [0.15, 0.2) is 9.84 Å². The molecule has 2 aromatic heterocycles. The maximum atomic E-state index is 12.0. The lowest BCUT2D eigenvalue weighted by Gasteiger charge is -2.38. The minimum Gasteiger partial charge on any atom is -0.354 e. The third-order valence-electron chi connectivity index (χ3n) is 4.85. The maximum absolute atomic E-state index is 12.0. The van der Waals surface area contributed by atoms with Crippen LogP contribution in [0.3, 0.4) is 0 Å². The van der Waals surface area contributed by atoms with E-state index in [0.29, 0.717) is 18.9 Å². The summed E-state index contributed by atoms with van der Waals surface area (Å²) in [5, 5.41) is 14.4. The van der Waals surface area contributed by atoms with Gasteiger partial charge >= 0.3 is 0 Å². The van der Waals surface area contributed by atoms with Crippen molar-refractivity contribution in [3.8, 4) is 0 Å². The summed E-state index contributed by atoms with van der Waals surface area (Å²) < 4.78 is 25.9. The van der Waals surface area contributed by atoms with Crippen LogP contribution in [0.2, 0.25) is 0 Å². The van der Waals surface area contributed by atoms with Gasteiger partial charge in [-0.15, -0.1) is 10.2 Å². The molecule has 0 spiro atoms. The van der Waals surface area contributed by atoms with Gasteiger partial charge in [0.05, 0.1) is 17.5 Å². The minimum atomic E-state index is -3.00. The van der Waals surface area contributed by atoms with Crippen LogP contribution in [0.15, 0.2) is 18.6 Å². The van der Waals surface area contributed by atoms with Gasteiger partial charge in [-0.2, -0.15) is 4.98 Å². The Morgan fingerprint density at radius 2 is 2.27 bits per heavy atom. The molecule has 4 heterocycles. The Kier molecular flexibility index (Phi) is 4.49. The number of hydrogen-bond donors (Lipinski definition) is 2. The topological polar surface area (TPSA) is 118 Å². The Bertz CT molecular complexity index is 883. The maximum Gasteiger partial charge on any atom is 0.224 e. The van der Waals surface area contributed by atoms with Crippen LogP contribution in [-0.4, -0.2) is 76.4 Å². The molecule has 0 aromatic carbocycles. The van der Waals surface area contributed by atoms with E-state index in [0.717, 1.165) is 24.7 Å². The molecule has 0 unspecified atom stereocenters. The van der Waals surface area contributed by atoms with Crippen molar-refractivity contribution < 1.29 is 8.42 Å². The molecule has 4 rings (SSSR count). The number of sulfone groups is 1. The number of nitrogens with one attached hydrogen (secondary N) is 2. The fraction of sp³-hybridized carbons (Fsp3) is 0.600. The van der Waals surface area contributed by atoms with Crippen molar-refractivity contribution in [3.05, 3.63) is 24.4 Å². The first kappa shape index (κ1) is 17.2. The summed E-state index contributed by atoms with van der Waals surface area (Å²) in [7, 11) is -1.10. The monoisotopic (exact) mass is 378 g/mol. The summed E-state index contributed by atoms with van der Waals surface area (Å²) in [6, 6.07) is 1.73. The van der Waals surface area contributed by atoms with Crippen LogP contribution in [-0.2, 0) is 23.3 Å². The van der Waals surface area contributed by atoms with E-state index >= 15 is 0 Å². The first-order valence-corrected chi connectivity index (χ1v) is 10.4. The van der Waals surface area contributed by atoms with Crippen LogP contribution in [0, 0.1) is 0 Å². The molecular formula is C15H22N8O2S. The summed E-state index contributed by atoms with van der Waals surface area (Å²) in [6.07, 6.45) is 4.08. The average molecular weight is 378 g/mol. The Hall–Kier alpha value is -2.27. The van der Waals surface area contributed by atoms with E-state index in [-0.39, 0.29) is 23.6 Å². The molecule has 0 bridgehead atoms. The summed E-state index contributed by atoms with van der Waals surface area (Å²) in [5.74, 6) is 2.54. The van der Waals surface area contributed by atoms with Gasteiger partial charge in [0.1, 0.15) is 18.0 Å². The van der Waals surface area contributed by atoms with Crippen molar-refractivity contribution in [1.82, 2.24) is 30.0 Å². The quantitative estimate of drug-likeness (QED) is 0.664. The molecule has 2 aliphatic rings. The van der Waals surface area contributed by atoms with Gasteiger partial charge in [-0.1, -0.05) is 0 Å². The third kappa shape index (κ3) is 3.49. The first-order chi connectivity index (χ1) is 12.5. The van der Waals surface area contributed by atoms with Crippen LogP contribution in [0.5, 0.6) is 0 Å². The number of rotatable bonds is 5. The lowest BCUT2D eigenvalue weighted by molar-refractivity contribution is 0.423. The highest BCUT2D eigenvalue weighted by atomic mass is 32.2. The molecule has 2 N–H and O–H groups in total. The number of hydrogen-bond acceptors (Lipinski definition) is 9. The van der Waals surface area contributed by atoms with Gasteiger partial charge in [0.2, 0.25) is 5.95 Å². The third-order valence-corrected chi connectivity index (χ3v) is 6.57. The Morgan fingerprint density at radius 1 is 1.38 bits per heavy atom. The zero-order valence-electron chi connectivity index (χ0n) is 14.5. The fourth-order valence-electron chi connectivity index (χ4n) is 3.57. The molecule has 2 aliphatic heterocycles. The van der Waals surface area contributed by atoms with E-state index in [1.807, 2.05) is 17.7 Å². The predicted octanol–water partition coefficient (Wildman–Crippen LogP) is -1.17. The highest BCUT2D eigenvalue weighted by Gasteiger charge is 2.43. The van der Waals surface area contributed by atoms with E-state index in [1.54, 1.807) is 12.5 Å². The SMILES string of the molecule is Cn1cnnc1CCNc1nccc(N2CCN[C@@H]3CS(=O)(=O)C[C@@H]32)n1. The largest absolute Gasteiger partial charge is 0.354 e. The molecule has 2 fully saturated rings. The molecule has 0 saturated carbocycles. The molecule has 26 heavy (non-hydrogen) atoms. The van der Waals surface area contributed by atoms with Crippen molar-refractivity contribution in [2.24, 2.45) is 7.05 Å². The summed E-state index contributed by atoms with van der Waals surface area (Å²) in [5.41, 5.74) is 0. The highest BCUT2D eigenvalue weighted by molar-refractivity contribution is 7.91. The molecule has 2 atom stereocenters. The first-order valence-electron chi connectivity index (χ1n) is 8.62. The summed E-state index contributed by atoms with van der Waals surface area (Å²) >= 11 is 0. The normalized spacial score (nSPS) is 24.4. The van der Waals surface area contributed by atoms with E-state index in [4.69, 9.17) is 0 Å². The van der Waals surface area contributed by atoms with Gasteiger partial charge in [-0.3, -0.25) is 0 Å². The number of aromatic nitrogens is 5. The van der Waals surface area contributed by atoms with E-state index < -0.39 is 9.84 Å². The number of anilines is 2. The van der Waals surface area contributed by atoms with Gasteiger partial charge in [0.25, 0.3) is 0 Å². The average Bonchev–Trinajstić information content (AvgIpc) is 3.16. The molecule has 0 amide bonds. The second-order valence-electron chi connectivity index (χ2n) is 6.67. The summed E-state index contributed by atoms with van der Waals surface area (Å²) in [4.78, 5) is 10.9. The second-order valence-corrected chi connectivity index (χ2v) is 8.83. The molecule has 10 nitrogen and oxygen atoms in total. The van der Waals surface area contributed by atoms with Crippen LogP contribution in [0.1, 0.15) is 5.82 Å². The van der Waals surface area contributed by atoms with E-state index in [1.165, 1.54) is 0 Å². The zero-order valence-corrected chi connectivity index (χ0v) is 15.4. The highest BCUT2D eigenvalue weighted by Crippen LogP contribution is 2.25. The molecule has 2 saturated heterocycles. The lowest BCUT2D eigenvalue weighted by atomic mass is 10.1. The molecule has 0 radical (unpaired) electrons. The molecule has 2 aromatic rings. The Balaban J connectivity index is 1.44. The minimum absolute atomic E-state index is 0.0314. The van der Waals surface area contributed by atoms with Crippen molar-refractivity contribution >= 4 is 21.6 Å². The Morgan fingerprint density at radius 3 is 3.08 bits per heavy atom. The Labute approximate surface area is 152 Å². The van der Waals surface area contributed by atoms with Crippen molar-refractivity contribution in [1.29, 1.82) is 0 Å². The summed E-state index contributed by atoms with van der Waals surface area (Å²) in [6.45, 7) is 2.11. The smallest absolute Gasteiger partial charge is 0.224 e. The van der Waals surface area contributed by atoms with Crippen LogP contribution in [0.25, 0.3) is 0 Å². The number of piperazine rings is 1. The standard InChI is InChI=1S/C15H22N8O2S/c1-22-10-19-21-14(22)3-5-18-15-17-4-2-13(20-15)23-7-6-16-11-8-26(24,25)9-12(11)23/h2,4,10-12,16H,3,5-9H2,1H3,(H,17,18,20)/t11-,12+/m1/s1. The fourth-order valence-corrected chi connectivity index (χ4v) is 5.52. The number of fused-ring (bicyclic) bond motifs is 1. The predicted molar refractivity (Wildman–Crippen MR) is 96.8 cm³/mol. The van der Waals surface area contributed by atoms with Crippen molar-refractivity contribution in [3.63, 3.8) is 0 Å². The van der Waals surface area contributed by atoms with Gasteiger partial charge in [0, 0.05) is 45.3 Å². The molecule has 140 valence electrons. The van der Waals surface area contributed by atoms with Gasteiger partial charge < -0.3 is 20.1 Å². The number of aryl methyl sites for hydroxylation is 1. The van der Waals surface area contributed by atoms with E-state index in [9.17, 15) is 8.42 Å².